The molecular formula is C20H27ClN6O3. The van der Waals surface area contributed by atoms with E-state index in [4.69, 9.17) is 26.6 Å². The molecule has 10 heteroatoms. The highest BCUT2D eigenvalue weighted by atomic mass is 35.5. The molecule has 1 aliphatic heterocycles. The molecule has 0 bridgehead atoms. The fourth-order valence-electron chi connectivity index (χ4n) is 2.88. The molecule has 0 atom stereocenters. The van der Waals surface area contributed by atoms with Gasteiger partial charge in [-0.25, -0.2) is 4.79 Å². The van der Waals surface area contributed by atoms with Gasteiger partial charge in [0.15, 0.2) is 5.96 Å². The Morgan fingerprint density at radius 1 is 1.20 bits per heavy atom. The van der Waals surface area contributed by atoms with Gasteiger partial charge in [-0.05, 0) is 45.0 Å². The number of halogens is 1. The molecule has 0 saturated carbocycles. The number of hydrogen-bond donors (Lipinski definition) is 1. The topological polar surface area (TPSA) is 110 Å². The number of aromatic nitrogens is 2. The van der Waals surface area contributed by atoms with E-state index in [0.29, 0.717) is 61.8 Å². The van der Waals surface area contributed by atoms with Crippen LogP contribution in [0, 0.1) is 0 Å². The lowest BCUT2D eigenvalue weighted by Gasteiger charge is -2.36. The van der Waals surface area contributed by atoms with Crippen LogP contribution in [0.2, 0.25) is 5.02 Å². The molecule has 1 saturated heterocycles. The first kappa shape index (κ1) is 21.9. The molecule has 1 aliphatic rings. The predicted molar refractivity (Wildman–Crippen MR) is 114 cm³/mol. The SMILES string of the molecule is CC(C)(C)OC(=O)N1CCN(C(N)=NCCc2nc(-c3ccc(Cl)cc3)no2)CC1. The van der Waals surface area contributed by atoms with Crippen molar-refractivity contribution in [3.63, 3.8) is 0 Å². The van der Waals surface area contributed by atoms with Crippen LogP contribution < -0.4 is 5.73 Å². The van der Waals surface area contributed by atoms with Crippen LogP contribution in [0.5, 0.6) is 0 Å². The van der Waals surface area contributed by atoms with Gasteiger partial charge in [-0.3, -0.25) is 4.99 Å². The van der Waals surface area contributed by atoms with Gasteiger partial charge in [0.2, 0.25) is 11.7 Å². The smallest absolute Gasteiger partial charge is 0.410 e. The fourth-order valence-corrected chi connectivity index (χ4v) is 3.01. The van der Waals surface area contributed by atoms with Crippen molar-refractivity contribution in [2.24, 2.45) is 10.7 Å². The molecule has 0 radical (unpaired) electrons. The molecule has 2 aromatic rings. The molecule has 162 valence electrons. The molecule has 1 amide bonds. The zero-order chi connectivity index (χ0) is 21.7. The first-order valence-electron chi connectivity index (χ1n) is 9.82. The fraction of sp³-hybridized carbons (Fsp3) is 0.500. The minimum absolute atomic E-state index is 0.300. The summed E-state index contributed by atoms with van der Waals surface area (Å²) in [6.07, 6.45) is 0.185. The van der Waals surface area contributed by atoms with E-state index in [1.807, 2.05) is 37.8 Å². The number of ether oxygens (including phenoxy) is 1. The summed E-state index contributed by atoms with van der Waals surface area (Å²) in [5.74, 6) is 1.44. The zero-order valence-corrected chi connectivity index (χ0v) is 18.2. The van der Waals surface area contributed by atoms with Gasteiger partial charge in [-0.2, -0.15) is 4.98 Å². The molecule has 2 heterocycles. The van der Waals surface area contributed by atoms with Gasteiger partial charge < -0.3 is 24.8 Å². The van der Waals surface area contributed by atoms with E-state index in [1.54, 1.807) is 17.0 Å². The van der Waals surface area contributed by atoms with Crippen molar-refractivity contribution < 1.29 is 14.1 Å². The number of nitrogens with two attached hydrogens (primary N) is 1. The number of piperazine rings is 1. The van der Waals surface area contributed by atoms with Gasteiger partial charge in [0.1, 0.15) is 5.60 Å². The molecule has 1 aromatic carbocycles. The Balaban J connectivity index is 1.46. The maximum atomic E-state index is 12.1. The number of hydrogen-bond acceptors (Lipinski definition) is 6. The van der Waals surface area contributed by atoms with E-state index in [1.165, 1.54) is 0 Å². The molecular weight excluding hydrogens is 408 g/mol. The van der Waals surface area contributed by atoms with E-state index in [0.717, 1.165) is 5.56 Å². The number of benzene rings is 1. The molecule has 2 N–H and O–H groups in total. The van der Waals surface area contributed by atoms with Gasteiger partial charge >= 0.3 is 6.09 Å². The van der Waals surface area contributed by atoms with E-state index in [-0.39, 0.29) is 6.09 Å². The Hall–Kier alpha value is -2.81. The third-order valence-corrected chi connectivity index (χ3v) is 4.68. The number of carbonyl (C=O) groups excluding carboxylic acids is 1. The monoisotopic (exact) mass is 434 g/mol. The summed E-state index contributed by atoms with van der Waals surface area (Å²) >= 11 is 5.89. The van der Waals surface area contributed by atoms with Crippen molar-refractivity contribution in [3.8, 4) is 11.4 Å². The Kier molecular flexibility index (Phi) is 6.81. The molecule has 0 spiro atoms. The third-order valence-electron chi connectivity index (χ3n) is 4.43. The minimum atomic E-state index is -0.503. The average molecular weight is 435 g/mol. The van der Waals surface area contributed by atoms with Gasteiger partial charge in [0.05, 0.1) is 6.54 Å². The molecule has 0 unspecified atom stereocenters. The summed E-state index contributed by atoms with van der Waals surface area (Å²) in [5, 5.41) is 4.64. The van der Waals surface area contributed by atoms with E-state index < -0.39 is 5.60 Å². The number of amides is 1. The first-order valence-corrected chi connectivity index (χ1v) is 10.2. The molecule has 3 rings (SSSR count). The highest BCUT2D eigenvalue weighted by Gasteiger charge is 2.26. The Morgan fingerprint density at radius 2 is 1.83 bits per heavy atom. The van der Waals surface area contributed by atoms with Crippen LogP contribution in [0.1, 0.15) is 26.7 Å². The molecule has 1 aromatic heterocycles. The number of carbonyl (C=O) groups is 1. The number of nitrogens with zero attached hydrogens (tertiary/aromatic N) is 5. The van der Waals surface area contributed by atoms with Gasteiger partial charge in [-0.1, -0.05) is 16.8 Å². The standard InChI is InChI=1S/C20H27ClN6O3/c1-20(2,3)29-19(28)27-12-10-26(11-13-27)18(22)23-9-8-16-24-17(25-30-16)14-4-6-15(21)7-5-14/h4-7H,8-13H2,1-3H3,(H2,22,23). The minimum Gasteiger partial charge on any atom is -0.444 e. The second-order valence-corrected chi connectivity index (χ2v) is 8.40. The lowest BCUT2D eigenvalue weighted by Crippen LogP contribution is -2.53. The summed E-state index contributed by atoms with van der Waals surface area (Å²) < 4.78 is 10.7. The third kappa shape index (κ3) is 6.09. The Bertz CT molecular complexity index is 883. The largest absolute Gasteiger partial charge is 0.444 e. The summed E-state index contributed by atoms with van der Waals surface area (Å²) in [7, 11) is 0. The van der Waals surface area contributed by atoms with Crippen LogP contribution in [0.15, 0.2) is 33.8 Å². The van der Waals surface area contributed by atoms with Crippen molar-refractivity contribution >= 4 is 23.7 Å². The maximum Gasteiger partial charge on any atom is 0.410 e. The maximum absolute atomic E-state index is 12.1. The van der Waals surface area contributed by atoms with Crippen LogP contribution in [-0.4, -0.2) is 70.3 Å². The average Bonchev–Trinajstić information content (AvgIpc) is 3.16. The van der Waals surface area contributed by atoms with Crippen LogP contribution in [0.3, 0.4) is 0 Å². The predicted octanol–water partition coefficient (Wildman–Crippen LogP) is 2.80. The van der Waals surface area contributed by atoms with E-state index in [2.05, 4.69) is 15.1 Å². The lowest BCUT2D eigenvalue weighted by atomic mass is 10.2. The summed E-state index contributed by atoms with van der Waals surface area (Å²) in [6.45, 7) is 8.29. The normalized spacial score (nSPS) is 15.4. The zero-order valence-electron chi connectivity index (χ0n) is 17.5. The molecule has 0 aliphatic carbocycles. The van der Waals surface area contributed by atoms with Gasteiger partial charge in [0, 0.05) is 43.2 Å². The highest BCUT2D eigenvalue weighted by molar-refractivity contribution is 6.30. The van der Waals surface area contributed by atoms with Gasteiger partial charge in [-0.15, -0.1) is 0 Å². The van der Waals surface area contributed by atoms with Crippen LogP contribution in [0.4, 0.5) is 4.79 Å². The van der Waals surface area contributed by atoms with Crippen LogP contribution >= 0.6 is 11.6 Å². The van der Waals surface area contributed by atoms with E-state index in [9.17, 15) is 4.79 Å². The second kappa shape index (κ2) is 9.34. The molecule has 30 heavy (non-hydrogen) atoms. The van der Waals surface area contributed by atoms with Crippen molar-refractivity contribution in [2.45, 2.75) is 32.8 Å². The lowest BCUT2D eigenvalue weighted by molar-refractivity contribution is 0.0186. The molecule has 1 fully saturated rings. The number of rotatable bonds is 4. The van der Waals surface area contributed by atoms with E-state index >= 15 is 0 Å². The highest BCUT2D eigenvalue weighted by Crippen LogP contribution is 2.18. The second-order valence-electron chi connectivity index (χ2n) is 7.96. The summed E-state index contributed by atoms with van der Waals surface area (Å²) in [5.41, 5.74) is 6.44. The van der Waals surface area contributed by atoms with Crippen molar-refractivity contribution in [1.82, 2.24) is 19.9 Å². The van der Waals surface area contributed by atoms with Crippen LogP contribution in [-0.2, 0) is 11.2 Å². The summed E-state index contributed by atoms with van der Waals surface area (Å²) in [6, 6.07) is 7.23. The Labute approximate surface area is 180 Å². The van der Waals surface area contributed by atoms with Crippen LogP contribution in [0.25, 0.3) is 11.4 Å². The number of aliphatic imine (C=N–C) groups is 1. The Morgan fingerprint density at radius 3 is 2.47 bits per heavy atom. The number of guanidine groups is 1. The quantitative estimate of drug-likeness (QED) is 0.581. The van der Waals surface area contributed by atoms with Crippen molar-refractivity contribution in [1.29, 1.82) is 0 Å². The first-order chi connectivity index (χ1) is 14.2. The van der Waals surface area contributed by atoms with Crippen molar-refractivity contribution in [2.75, 3.05) is 32.7 Å². The van der Waals surface area contributed by atoms with Gasteiger partial charge in [0.25, 0.3) is 0 Å². The molecule has 9 nitrogen and oxygen atoms in total. The summed E-state index contributed by atoms with van der Waals surface area (Å²) in [4.78, 5) is 24.6. The van der Waals surface area contributed by atoms with Crippen molar-refractivity contribution in [3.05, 3.63) is 35.2 Å².